The minimum absolute atomic E-state index is 0.0165. The highest BCUT2D eigenvalue weighted by Gasteiger charge is 2.31. The number of aliphatic imine (C=N–C) groups is 1. The lowest BCUT2D eigenvalue weighted by atomic mass is 10.2. The predicted octanol–water partition coefficient (Wildman–Crippen LogP) is 5.65. The second-order valence-electron chi connectivity index (χ2n) is 5.65. The topological polar surface area (TPSA) is 74.0 Å². The number of benzene rings is 3. The van der Waals surface area contributed by atoms with Crippen molar-refractivity contribution in [3.05, 3.63) is 94.5 Å². The fraction of sp³-hybridized carbons (Fsp3) is 0.0500. The minimum Gasteiger partial charge on any atom is -0.431 e. The summed E-state index contributed by atoms with van der Waals surface area (Å²) in [5.41, 5.74) is 0.559. The summed E-state index contributed by atoms with van der Waals surface area (Å²) in [4.78, 5) is 14.9. The molecule has 148 valence electrons. The van der Waals surface area contributed by atoms with Crippen LogP contribution in [0.3, 0.4) is 0 Å². The molecule has 0 fully saturated rings. The van der Waals surface area contributed by atoms with Crippen molar-refractivity contribution in [2.24, 2.45) is 4.99 Å². The van der Waals surface area contributed by atoms with E-state index in [1.807, 2.05) is 0 Å². The van der Waals surface area contributed by atoms with Crippen molar-refractivity contribution >= 4 is 17.3 Å². The largest absolute Gasteiger partial charge is 0.573 e. The molecule has 3 rings (SSSR count). The van der Waals surface area contributed by atoms with Crippen molar-refractivity contribution in [1.82, 2.24) is 0 Å². The molecule has 29 heavy (non-hydrogen) atoms. The number of alkyl halides is 3. The van der Waals surface area contributed by atoms with Gasteiger partial charge in [-0.15, -0.1) is 13.2 Å². The zero-order valence-corrected chi connectivity index (χ0v) is 14.7. The van der Waals surface area contributed by atoms with Gasteiger partial charge in [0.2, 0.25) is 11.6 Å². The smallest absolute Gasteiger partial charge is 0.431 e. The first-order chi connectivity index (χ1) is 13.8. The molecule has 0 saturated carbocycles. The molecule has 0 N–H and O–H groups in total. The molecule has 6 nitrogen and oxygen atoms in total. The second-order valence-corrected chi connectivity index (χ2v) is 5.65. The maximum atomic E-state index is 12.3. The molecule has 0 heterocycles. The zero-order valence-electron chi connectivity index (χ0n) is 14.7. The van der Waals surface area contributed by atoms with Gasteiger partial charge in [0.1, 0.15) is 5.75 Å². The number of para-hydroxylation sites is 2. The lowest BCUT2D eigenvalue weighted by molar-refractivity contribution is -0.385. The molecule has 0 bridgehead atoms. The lowest BCUT2D eigenvalue weighted by Gasteiger charge is -2.11. The zero-order chi connectivity index (χ0) is 20.9. The quantitative estimate of drug-likeness (QED) is 0.239. The van der Waals surface area contributed by atoms with Crippen LogP contribution in [-0.4, -0.2) is 17.2 Å². The average molecular weight is 402 g/mol. The Morgan fingerprint density at radius 1 is 0.897 bits per heavy atom. The van der Waals surface area contributed by atoms with Crippen LogP contribution < -0.4 is 9.47 Å². The standard InChI is InChI=1S/C20H13F3N2O4/c21-20(22,23)29-16-12-10-15(11-13-16)24-19(14-6-2-1-3-7-14)28-18-9-5-4-8-17(18)25(26)27/h1-13H. The number of ether oxygens (including phenoxy) is 2. The monoisotopic (exact) mass is 402 g/mol. The van der Waals surface area contributed by atoms with Crippen molar-refractivity contribution in [2.75, 3.05) is 0 Å². The lowest BCUT2D eigenvalue weighted by Crippen LogP contribution is -2.16. The second kappa shape index (κ2) is 8.42. The van der Waals surface area contributed by atoms with Gasteiger partial charge in [-0.05, 0) is 42.5 Å². The summed E-state index contributed by atoms with van der Waals surface area (Å²) in [5, 5.41) is 11.2. The molecule has 0 aliphatic heterocycles. The number of nitro benzene ring substituents is 1. The first-order valence-corrected chi connectivity index (χ1v) is 8.23. The van der Waals surface area contributed by atoms with Gasteiger partial charge in [-0.2, -0.15) is 0 Å². The van der Waals surface area contributed by atoms with E-state index in [2.05, 4.69) is 9.73 Å². The Balaban J connectivity index is 1.96. The molecule has 0 aliphatic rings. The Kier molecular flexibility index (Phi) is 5.77. The van der Waals surface area contributed by atoms with E-state index in [0.29, 0.717) is 5.56 Å². The number of nitrogens with zero attached hydrogens (tertiary/aromatic N) is 2. The van der Waals surface area contributed by atoms with Crippen LogP contribution in [0.5, 0.6) is 11.5 Å². The molecule has 3 aromatic rings. The predicted molar refractivity (Wildman–Crippen MR) is 99.5 cm³/mol. The molecule has 0 atom stereocenters. The van der Waals surface area contributed by atoms with Gasteiger partial charge < -0.3 is 9.47 Å². The van der Waals surface area contributed by atoms with E-state index in [-0.39, 0.29) is 23.0 Å². The molecular formula is C20H13F3N2O4. The van der Waals surface area contributed by atoms with Crippen LogP contribution in [0.1, 0.15) is 5.56 Å². The minimum atomic E-state index is -4.80. The Bertz CT molecular complexity index is 1020. The fourth-order valence-corrected chi connectivity index (χ4v) is 2.37. The van der Waals surface area contributed by atoms with E-state index in [1.165, 1.54) is 30.3 Å². The van der Waals surface area contributed by atoms with E-state index in [9.17, 15) is 23.3 Å². The maximum Gasteiger partial charge on any atom is 0.573 e. The van der Waals surface area contributed by atoms with Crippen LogP contribution in [-0.2, 0) is 0 Å². The molecule has 0 unspecified atom stereocenters. The van der Waals surface area contributed by atoms with Crippen molar-refractivity contribution in [1.29, 1.82) is 0 Å². The first-order valence-electron chi connectivity index (χ1n) is 8.23. The van der Waals surface area contributed by atoms with Crippen LogP contribution in [0.25, 0.3) is 0 Å². The number of halogens is 3. The molecule has 0 spiro atoms. The van der Waals surface area contributed by atoms with Crippen molar-refractivity contribution in [3.8, 4) is 11.5 Å². The van der Waals surface area contributed by atoms with Crippen LogP contribution >= 0.6 is 0 Å². The summed E-state index contributed by atoms with van der Waals surface area (Å²) in [6.07, 6.45) is -4.80. The third kappa shape index (κ3) is 5.55. The molecular weight excluding hydrogens is 389 g/mol. The van der Waals surface area contributed by atoms with Gasteiger partial charge in [0.15, 0.2) is 0 Å². The van der Waals surface area contributed by atoms with Crippen LogP contribution in [0, 0.1) is 10.1 Å². The highest BCUT2D eigenvalue weighted by Crippen LogP contribution is 2.29. The molecule has 9 heteroatoms. The summed E-state index contributed by atoms with van der Waals surface area (Å²) in [7, 11) is 0. The number of hydrogen-bond acceptors (Lipinski definition) is 5. The summed E-state index contributed by atoms with van der Waals surface area (Å²) >= 11 is 0. The van der Waals surface area contributed by atoms with E-state index in [4.69, 9.17) is 4.74 Å². The SMILES string of the molecule is O=[N+]([O-])c1ccccc1OC(=Nc1ccc(OC(F)(F)F)cc1)c1ccccc1. The van der Waals surface area contributed by atoms with Gasteiger partial charge in [0.05, 0.1) is 10.6 Å². The van der Waals surface area contributed by atoms with Gasteiger partial charge in [-0.25, -0.2) is 4.99 Å². The summed E-state index contributed by atoms with van der Waals surface area (Å²) < 4.78 is 46.4. The first kappa shape index (κ1) is 19.9. The summed E-state index contributed by atoms with van der Waals surface area (Å²) in [5.74, 6) is -0.362. The average Bonchev–Trinajstić information content (AvgIpc) is 2.69. The van der Waals surface area contributed by atoms with E-state index in [1.54, 1.807) is 36.4 Å². The Morgan fingerprint density at radius 3 is 2.14 bits per heavy atom. The Hall–Kier alpha value is -3.88. The van der Waals surface area contributed by atoms with Gasteiger partial charge in [0, 0.05) is 11.6 Å². The van der Waals surface area contributed by atoms with Crippen LogP contribution in [0.2, 0.25) is 0 Å². The fourth-order valence-electron chi connectivity index (χ4n) is 2.37. The third-order valence-electron chi connectivity index (χ3n) is 3.59. The Labute approximate surface area is 163 Å². The van der Waals surface area contributed by atoms with Crippen LogP contribution in [0.4, 0.5) is 24.5 Å². The normalized spacial score (nSPS) is 11.8. The maximum absolute atomic E-state index is 12.3. The van der Waals surface area contributed by atoms with Gasteiger partial charge in [-0.1, -0.05) is 30.3 Å². The van der Waals surface area contributed by atoms with Gasteiger partial charge in [-0.3, -0.25) is 10.1 Å². The van der Waals surface area contributed by atoms with Crippen molar-refractivity contribution in [2.45, 2.75) is 6.36 Å². The van der Waals surface area contributed by atoms with E-state index >= 15 is 0 Å². The highest BCUT2D eigenvalue weighted by molar-refractivity contribution is 5.97. The third-order valence-corrected chi connectivity index (χ3v) is 3.59. The number of hydrogen-bond donors (Lipinski definition) is 0. The Morgan fingerprint density at radius 2 is 1.52 bits per heavy atom. The van der Waals surface area contributed by atoms with Gasteiger partial charge in [0.25, 0.3) is 0 Å². The summed E-state index contributed by atoms with van der Waals surface area (Å²) in [6.45, 7) is 0. The van der Waals surface area contributed by atoms with Crippen molar-refractivity contribution in [3.63, 3.8) is 0 Å². The number of nitro groups is 1. The molecule has 0 aromatic heterocycles. The highest BCUT2D eigenvalue weighted by atomic mass is 19.4. The summed E-state index contributed by atoms with van der Waals surface area (Å²) in [6, 6.07) is 19.3. The van der Waals surface area contributed by atoms with Crippen LogP contribution in [0.15, 0.2) is 83.9 Å². The molecule has 0 saturated heterocycles. The van der Waals surface area contributed by atoms with E-state index in [0.717, 1.165) is 12.1 Å². The number of rotatable bonds is 5. The van der Waals surface area contributed by atoms with Gasteiger partial charge >= 0.3 is 12.0 Å². The molecule has 0 radical (unpaired) electrons. The molecule has 0 amide bonds. The molecule has 3 aromatic carbocycles. The molecule has 0 aliphatic carbocycles. The van der Waals surface area contributed by atoms with Crippen molar-refractivity contribution < 1.29 is 27.6 Å². The van der Waals surface area contributed by atoms with E-state index < -0.39 is 17.0 Å².